The van der Waals surface area contributed by atoms with Crippen LogP contribution in [0.2, 0.25) is 0 Å². The van der Waals surface area contributed by atoms with E-state index in [4.69, 9.17) is 5.26 Å². The number of amides is 1. The summed E-state index contributed by atoms with van der Waals surface area (Å²) in [6.45, 7) is 3.40. The van der Waals surface area contributed by atoms with E-state index in [0.717, 1.165) is 36.1 Å². The summed E-state index contributed by atoms with van der Waals surface area (Å²) in [6.07, 6.45) is 1.91. The maximum atomic E-state index is 11.0. The van der Waals surface area contributed by atoms with Gasteiger partial charge in [0.1, 0.15) is 6.07 Å². The molecule has 1 heterocycles. The number of piperidine rings is 1. The van der Waals surface area contributed by atoms with E-state index in [2.05, 4.69) is 32.2 Å². The predicted molar refractivity (Wildman–Crippen MR) is 77.9 cm³/mol. The topological polar surface area (TPSA) is 56.1 Å². The Labute approximate surface area is 121 Å². The largest absolute Gasteiger partial charge is 0.371 e. The highest BCUT2D eigenvalue weighted by Gasteiger charge is 2.20. The van der Waals surface area contributed by atoms with Crippen molar-refractivity contribution in [3.8, 4) is 6.07 Å². The van der Waals surface area contributed by atoms with Crippen molar-refractivity contribution in [2.45, 2.75) is 25.8 Å². The van der Waals surface area contributed by atoms with Crippen LogP contribution in [0.4, 0.5) is 5.69 Å². The Morgan fingerprint density at radius 3 is 2.68 bits per heavy atom. The number of nitrogens with one attached hydrogen (secondary N) is 1. The molecule has 1 aromatic rings. The second-order valence-corrected chi connectivity index (χ2v) is 5.59. The Kier molecular flexibility index (Phi) is 4.43. The van der Waals surface area contributed by atoms with Gasteiger partial charge in [-0.3, -0.25) is 4.79 Å². The van der Waals surface area contributed by atoms with Crippen molar-refractivity contribution in [1.82, 2.24) is 5.32 Å². The van der Waals surface area contributed by atoms with Gasteiger partial charge in [0.15, 0.2) is 0 Å². The van der Waals surface area contributed by atoms with Gasteiger partial charge in [0.05, 0.1) is 5.56 Å². The van der Waals surface area contributed by atoms with Gasteiger partial charge in [-0.1, -0.05) is 0 Å². The molecule has 1 N–H and O–H groups in total. The number of nitriles is 1. The first kappa shape index (κ1) is 13.9. The fraction of sp³-hybridized carbons (Fsp3) is 0.429. The molecule has 19 heavy (non-hydrogen) atoms. The van der Waals surface area contributed by atoms with Gasteiger partial charge in [-0.05, 0) is 47.0 Å². The van der Waals surface area contributed by atoms with Crippen LogP contribution in [0.5, 0.6) is 0 Å². The predicted octanol–water partition coefficient (Wildman–Crippen LogP) is 2.43. The van der Waals surface area contributed by atoms with Crippen LogP contribution in [0.15, 0.2) is 22.7 Å². The molecule has 1 aliphatic rings. The average Bonchev–Trinajstić information content (AvgIpc) is 2.39. The fourth-order valence-electron chi connectivity index (χ4n) is 2.36. The molecular weight excluding hydrogens is 306 g/mol. The number of rotatable bonds is 2. The monoisotopic (exact) mass is 321 g/mol. The number of halogens is 1. The number of hydrogen-bond donors (Lipinski definition) is 1. The molecule has 0 aromatic heterocycles. The Bertz CT molecular complexity index is 516. The minimum atomic E-state index is 0.0413. The lowest BCUT2D eigenvalue weighted by molar-refractivity contribution is -0.119. The number of benzene rings is 1. The molecule has 1 fully saturated rings. The van der Waals surface area contributed by atoms with E-state index in [0.29, 0.717) is 5.56 Å². The van der Waals surface area contributed by atoms with E-state index in [-0.39, 0.29) is 11.9 Å². The van der Waals surface area contributed by atoms with E-state index in [1.54, 1.807) is 6.92 Å². The van der Waals surface area contributed by atoms with Crippen LogP contribution in [0.1, 0.15) is 25.3 Å². The minimum absolute atomic E-state index is 0.0413. The maximum absolute atomic E-state index is 11.0. The standard InChI is InChI=1S/C14H16BrN3O/c1-10(19)17-12-4-6-18(7-5-12)13-3-2-11(9-16)14(15)8-13/h2-3,8,12H,4-7H2,1H3,(H,17,19). The zero-order chi connectivity index (χ0) is 13.8. The molecule has 2 rings (SSSR count). The molecule has 0 saturated carbocycles. The molecule has 4 nitrogen and oxygen atoms in total. The Morgan fingerprint density at radius 2 is 2.16 bits per heavy atom. The third-order valence-corrected chi connectivity index (χ3v) is 4.00. The molecule has 0 spiro atoms. The van der Waals surface area contributed by atoms with Gasteiger partial charge < -0.3 is 10.2 Å². The summed E-state index contributed by atoms with van der Waals surface area (Å²) in [5.74, 6) is 0.0413. The maximum Gasteiger partial charge on any atom is 0.217 e. The first-order valence-electron chi connectivity index (χ1n) is 6.32. The molecule has 0 bridgehead atoms. The lowest BCUT2D eigenvalue weighted by Crippen LogP contribution is -2.44. The highest BCUT2D eigenvalue weighted by molar-refractivity contribution is 9.10. The minimum Gasteiger partial charge on any atom is -0.371 e. The molecule has 1 aliphatic heterocycles. The number of anilines is 1. The Balaban J connectivity index is 2.00. The normalized spacial score (nSPS) is 15.9. The van der Waals surface area contributed by atoms with Crippen LogP contribution in [0.25, 0.3) is 0 Å². The molecule has 0 aliphatic carbocycles. The van der Waals surface area contributed by atoms with Crippen LogP contribution < -0.4 is 10.2 Å². The van der Waals surface area contributed by atoms with Gasteiger partial charge >= 0.3 is 0 Å². The highest BCUT2D eigenvalue weighted by Crippen LogP contribution is 2.26. The van der Waals surface area contributed by atoms with Crippen molar-refractivity contribution < 1.29 is 4.79 Å². The summed E-state index contributed by atoms with van der Waals surface area (Å²) in [6, 6.07) is 8.22. The van der Waals surface area contributed by atoms with E-state index in [1.165, 1.54) is 0 Å². The third-order valence-electron chi connectivity index (χ3n) is 3.34. The Morgan fingerprint density at radius 1 is 1.47 bits per heavy atom. The van der Waals surface area contributed by atoms with Crippen LogP contribution in [0, 0.1) is 11.3 Å². The number of carbonyl (C=O) groups is 1. The Hall–Kier alpha value is -1.54. The molecule has 1 amide bonds. The first-order chi connectivity index (χ1) is 9.10. The fourth-order valence-corrected chi connectivity index (χ4v) is 2.82. The summed E-state index contributed by atoms with van der Waals surface area (Å²) in [4.78, 5) is 13.3. The van der Waals surface area contributed by atoms with E-state index >= 15 is 0 Å². The van der Waals surface area contributed by atoms with Gasteiger partial charge in [0.2, 0.25) is 5.91 Å². The van der Waals surface area contributed by atoms with Crippen LogP contribution in [-0.4, -0.2) is 25.0 Å². The van der Waals surface area contributed by atoms with Crippen molar-refractivity contribution >= 4 is 27.5 Å². The van der Waals surface area contributed by atoms with Crippen LogP contribution in [-0.2, 0) is 4.79 Å². The summed E-state index contributed by atoms with van der Waals surface area (Å²) >= 11 is 3.41. The lowest BCUT2D eigenvalue weighted by atomic mass is 10.0. The van der Waals surface area contributed by atoms with Crippen LogP contribution >= 0.6 is 15.9 Å². The highest BCUT2D eigenvalue weighted by atomic mass is 79.9. The van der Waals surface area contributed by atoms with Gasteiger partial charge in [0.25, 0.3) is 0 Å². The zero-order valence-electron chi connectivity index (χ0n) is 10.8. The summed E-state index contributed by atoms with van der Waals surface area (Å²) < 4.78 is 0.830. The van der Waals surface area contributed by atoms with Crippen LogP contribution in [0.3, 0.4) is 0 Å². The average molecular weight is 322 g/mol. The van der Waals surface area contributed by atoms with E-state index in [9.17, 15) is 4.79 Å². The molecule has 1 aromatic carbocycles. The smallest absolute Gasteiger partial charge is 0.217 e. The molecule has 0 radical (unpaired) electrons. The van der Waals surface area contributed by atoms with Gasteiger partial charge in [0, 0.05) is 36.2 Å². The number of carbonyl (C=O) groups excluding carboxylic acids is 1. The quantitative estimate of drug-likeness (QED) is 0.910. The van der Waals surface area contributed by atoms with Gasteiger partial charge in [-0.15, -0.1) is 0 Å². The lowest BCUT2D eigenvalue weighted by Gasteiger charge is -2.34. The summed E-state index contributed by atoms with van der Waals surface area (Å²) in [7, 11) is 0. The molecule has 0 unspecified atom stereocenters. The number of nitrogens with zero attached hydrogens (tertiary/aromatic N) is 2. The van der Waals surface area contributed by atoms with E-state index < -0.39 is 0 Å². The molecule has 100 valence electrons. The number of hydrogen-bond acceptors (Lipinski definition) is 3. The molecular formula is C14H16BrN3O. The van der Waals surface area contributed by atoms with E-state index in [1.807, 2.05) is 18.2 Å². The summed E-state index contributed by atoms with van der Waals surface area (Å²) in [5, 5.41) is 11.9. The second kappa shape index (κ2) is 6.07. The van der Waals surface area contributed by atoms with Gasteiger partial charge in [-0.2, -0.15) is 5.26 Å². The molecule has 5 heteroatoms. The van der Waals surface area contributed by atoms with Crippen molar-refractivity contribution in [2.24, 2.45) is 0 Å². The summed E-state index contributed by atoms with van der Waals surface area (Å²) in [5.41, 5.74) is 1.77. The SMILES string of the molecule is CC(=O)NC1CCN(c2ccc(C#N)c(Br)c2)CC1. The van der Waals surface area contributed by atoms with Crippen molar-refractivity contribution in [1.29, 1.82) is 5.26 Å². The van der Waals surface area contributed by atoms with Crippen molar-refractivity contribution in [3.05, 3.63) is 28.2 Å². The zero-order valence-corrected chi connectivity index (χ0v) is 12.4. The van der Waals surface area contributed by atoms with Crippen molar-refractivity contribution in [2.75, 3.05) is 18.0 Å². The van der Waals surface area contributed by atoms with Gasteiger partial charge in [-0.25, -0.2) is 0 Å². The third kappa shape index (κ3) is 3.48. The second-order valence-electron chi connectivity index (χ2n) is 4.74. The molecule has 0 atom stereocenters. The molecule has 1 saturated heterocycles. The first-order valence-corrected chi connectivity index (χ1v) is 7.11. The van der Waals surface area contributed by atoms with Crippen molar-refractivity contribution in [3.63, 3.8) is 0 Å².